The molecule has 0 saturated carbocycles. The van der Waals surface area contributed by atoms with Crippen LogP contribution in [0.4, 0.5) is 4.39 Å². The Morgan fingerprint density at radius 2 is 1.53 bits per heavy atom. The van der Waals surface area contributed by atoms with Gasteiger partial charge in [0.05, 0.1) is 0 Å². The van der Waals surface area contributed by atoms with E-state index in [1.165, 1.54) is 11.6 Å². The summed E-state index contributed by atoms with van der Waals surface area (Å²) in [4.78, 5) is 28.6. The standard InChI is InChI=1S/C31H37FN2O2/c1-3-5-21-33-31(36)29(22-26-11-7-6-8-12-26)34(23-27-13-9-10-14-28(27)32)30(35)20-19-25-17-15-24(4-2)16-18-25/h6-18,29H,3-5,19-23H2,1-2H3,(H,33,36)/t29-/m1/s1. The summed E-state index contributed by atoms with van der Waals surface area (Å²) in [5, 5.41) is 3.00. The van der Waals surface area contributed by atoms with E-state index in [0.29, 0.717) is 24.9 Å². The summed E-state index contributed by atoms with van der Waals surface area (Å²) in [5.74, 6) is -0.746. The summed E-state index contributed by atoms with van der Waals surface area (Å²) in [6.45, 7) is 4.76. The number of unbranched alkanes of at least 4 members (excludes halogenated alkanes) is 1. The fraction of sp³-hybridized carbons (Fsp3) is 0.355. The molecule has 36 heavy (non-hydrogen) atoms. The Morgan fingerprint density at radius 1 is 0.861 bits per heavy atom. The van der Waals surface area contributed by atoms with E-state index in [2.05, 4.69) is 31.3 Å². The van der Waals surface area contributed by atoms with E-state index in [-0.39, 0.29) is 30.6 Å². The molecule has 3 rings (SSSR count). The van der Waals surface area contributed by atoms with Crippen molar-refractivity contribution in [1.82, 2.24) is 10.2 Å². The number of nitrogens with zero attached hydrogens (tertiary/aromatic N) is 1. The Labute approximate surface area is 214 Å². The van der Waals surface area contributed by atoms with Gasteiger partial charge in [0.1, 0.15) is 11.9 Å². The first-order valence-electron chi connectivity index (χ1n) is 12.9. The summed E-state index contributed by atoms with van der Waals surface area (Å²) in [6.07, 6.45) is 3.95. The predicted octanol–water partition coefficient (Wildman–Crippen LogP) is 5.88. The van der Waals surface area contributed by atoms with Gasteiger partial charge in [0.2, 0.25) is 11.8 Å². The van der Waals surface area contributed by atoms with Gasteiger partial charge < -0.3 is 10.2 Å². The Bertz CT molecular complexity index is 1100. The van der Waals surface area contributed by atoms with E-state index in [1.54, 1.807) is 23.1 Å². The third kappa shape index (κ3) is 8.04. The highest BCUT2D eigenvalue weighted by molar-refractivity contribution is 5.88. The first-order chi connectivity index (χ1) is 17.5. The number of nitrogens with one attached hydrogen (secondary N) is 1. The molecule has 2 amide bonds. The van der Waals surface area contributed by atoms with Gasteiger partial charge in [-0.25, -0.2) is 4.39 Å². The van der Waals surface area contributed by atoms with Crippen molar-refractivity contribution in [2.75, 3.05) is 6.54 Å². The van der Waals surface area contributed by atoms with Gasteiger partial charge in [0.15, 0.2) is 0 Å². The van der Waals surface area contributed by atoms with Crippen molar-refractivity contribution in [2.24, 2.45) is 0 Å². The van der Waals surface area contributed by atoms with Crippen LogP contribution in [-0.2, 0) is 35.4 Å². The van der Waals surface area contributed by atoms with Crippen LogP contribution in [0.15, 0.2) is 78.9 Å². The summed E-state index contributed by atoms with van der Waals surface area (Å²) in [5.41, 5.74) is 3.67. The van der Waals surface area contributed by atoms with Gasteiger partial charge >= 0.3 is 0 Å². The lowest BCUT2D eigenvalue weighted by atomic mass is 10.0. The zero-order valence-electron chi connectivity index (χ0n) is 21.4. The van der Waals surface area contributed by atoms with Crippen molar-refractivity contribution in [3.63, 3.8) is 0 Å². The highest BCUT2D eigenvalue weighted by Gasteiger charge is 2.30. The molecule has 0 fully saturated rings. The maximum Gasteiger partial charge on any atom is 0.243 e. The van der Waals surface area contributed by atoms with Crippen molar-refractivity contribution in [3.8, 4) is 0 Å². The average Bonchev–Trinajstić information content (AvgIpc) is 2.91. The minimum absolute atomic E-state index is 0.0407. The number of aryl methyl sites for hydroxylation is 2. The molecule has 0 saturated heterocycles. The van der Waals surface area contributed by atoms with Crippen LogP contribution in [0.1, 0.15) is 55.4 Å². The van der Waals surface area contributed by atoms with E-state index in [0.717, 1.165) is 30.4 Å². The van der Waals surface area contributed by atoms with Gasteiger partial charge in [-0.1, -0.05) is 93.1 Å². The maximum absolute atomic E-state index is 14.6. The third-order valence-corrected chi connectivity index (χ3v) is 6.46. The Kier molecular flexibility index (Phi) is 10.7. The molecule has 3 aromatic carbocycles. The Balaban J connectivity index is 1.87. The van der Waals surface area contributed by atoms with E-state index in [1.807, 2.05) is 42.5 Å². The zero-order chi connectivity index (χ0) is 25.8. The molecule has 0 aromatic heterocycles. The molecule has 0 unspecified atom stereocenters. The van der Waals surface area contributed by atoms with Crippen molar-refractivity contribution >= 4 is 11.8 Å². The molecular formula is C31H37FN2O2. The minimum Gasteiger partial charge on any atom is -0.354 e. The first-order valence-corrected chi connectivity index (χ1v) is 12.9. The number of hydrogen-bond donors (Lipinski definition) is 1. The van der Waals surface area contributed by atoms with Crippen LogP contribution in [-0.4, -0.2) is 29.3 Å². The number of carbonyl (C=O) groups excluding carboxylic acids is 2. The molecule has 1 atom stereocenters. The number of benzene rings is 3. The van der Waals surface area contributed by atoms with E-state index in [9.17, 15) is 14.0 Å². The fourth-order valence-electron chi connectivity index (χ4n) is 4.21. The highest BCUT2D eigenvalue weighted by atomic mass is 19.1. The lowest BCUT2D eigenvalue weighted by Gasteiger charge is -2.32. The van der Waals surface area contributed by atoms with Gasteiger partial charge in [0.25, 0.3) is 0 Å². The summed E-state index contributed by atoms with van der Waals surface area (Å²) in [7, 11) is 0. The second-order valence-electron chi connectivity index (χ2n) is 9.13. The van der Waals surface area contributed by atoms with Gasteiger partial charge in [-0.15, -0.1) is 0 Å². The lowest BCUT2D eigenvalue weighted by molar-refractivity contribution is -0.141. The van der Waals surface area contributed by atoms with Crippen LogP contribution in [0.3, 0.4) is 0 Å². The monoisotopic (exact) mass is 488 g/mol. The molecule has 0 aliphatic heterocycles. The highest BCUT2D eigenvalue weighted by Crippen LogP contribution is 2.19. The number of hydrogen-bond acceptors (Lipinski definition) is 2. The molecule has 190 valence electrons. The van der Waals surface area contributed by atoms with Crippen LogP contribution in [0.2, 0.25) is 0 Å². The molecule has 0 heterocycles. The quantitative estimate of drug-likeness (QED) is 0.306. The van der Waals surface area contributed by atoms with Gasteiger partial charge in [-0.05, 0) is 42.0 Å². The lowest BCUT2D eigenvalue weighted by Crippen LogP contribution is -2.50. The molecule has 3 aromatic rings. The number of amides is 2. The normalized spacial score (nSPS) is 11.6. The topological polar surface area (TPSA) is 49.4 Å². The zero-order valence-corrected chi connectivity index (χ0v) is 21.4. The SMILES string of the molecule is CCCCNC(=O)[C@@H](Cc1ccccc1)N(Cc1ccccc1F)C(=O)CCc1ccc(CC)cc1. The molecule has 0 aliphatic rings. The molecule has 0 aliphatic carbocycles. The number of rotatable bonds is 13. The Morgan fingerprint density at radius 3 is 2.19 bits per heavy atom. The van der Waals surface area contributed by atoms with Crippen molar-refractivity contribution in [1.29, 1.82) is 0 Å². The second kappa shape index (κ2) is 14.2. The van der Waals surface area contributed by atoms with Crippen LogP contribution >= 0.6 is 0 Å². The summed E-state index contributed by atoms with van der Waals surface area (Å²) < 4.78 is 14.6. The third-order valence-electron chi connectivity index (χ3n) is 6.46. The second-order valence-corrected chi connectivity index (χ2v) is 9.13. The van der Waals surface area contributed by atoms with Crippen molar-refractivity contribution in [2.45, 2.75) is 65.0 Å². The smallest absolute Gasteiger partial charge is 0.243 e. The number of halogens is 1. The predicted molar refractivity (Wildman–Crippen MR) is 143 cm³/mol. The van der Waals surface area contributed by atoms with E-state index >= 15 is 0 Å². The molecular weight excluding hydrogens is 451 g/mol. The van der Waals surface area contributed by atoms with Crippen molar-refractivity contribution < 1.29 is 14.0 Å². The molecule has 5 heteroatoms. The molecule has 1 N–H and O–H groups in total. The van der Waals surface area contributed by atoms with Gasteiger partial charge in [-0.2, -0.15) is 0 Å². The van der Waals surface area contributed by atoms with Gasteiger partial charge in [-0.3, -0.25) is 9.59 Å². The molecule has 0 radical (unpaired) electrons. The number of carbonyl (C=O) groups is 2. The van der Waals surface area contributed by atoms with Crippen LogP contribution in [0.5, 0.6) is 0 Å². The molecule has 0 bridgehead atoms. The fourth-order valence-corrected chi connectivity index (χ4v) is 4.21. The largest absolute Gasteiger partial charge is 0.354 e. The maximum atomic E-state index is 14.6. The van der Waals surface area contributed by atoms with E-state index in [4.69, 9.17) is 0 Å². The Hall–Kier alpha value is -3.47. The van der Waals surface area contributed by atoms with Gasteiger partial charge in [0, 0.05) is 31.5 Å². The summed E-state index contributed by atoms with van der Waals surface area (Å²) in [6, 6.07) is 23.6. The minimum atomic E-state index is -0.737. The van der Waals surface area contributed by atoms with Crippen LogP contribution in [0.25, 0.3) is 0 Å². The molecule has 4 nitrogen and oxygen atoms in total. The van der Waals surface area contributed by atoms with Crippen LogP contribution < -0.4 is 5.32 Å². The molecule has 0 spiro atoms. The van der Waals surface area contributed by atoms with Crippen LogP contribution in [0, 0.1) is 5.82 Å². The first kappa shape index (κ1) is 27.1. The average molecular weight is 489 g/mol. The summed E-state index contributed by atoms with van der Waals surface area (Å²) >= 11 is 0. The van der Waals surface area contributed by atoms with E-state index < -0.39 is 6.04 Å². The van der Waals surface area contributed by atoms with Crippen molar-refractivity contribution in [3.05, 3.63) is 107 Å².